The maximum absolute atomic E-state index is 5.65. The quantitative estimate of drug-likeness (QED) is 0.460. The normalized spacial score (nSPS) is 23.2. The largest absolute Gasteiger partial charge is 0.399 e. The van der Waals surface area contributed by atoms with Crippen LogP contribution in [0.5, 0.6) is 0 Å². The second kappa shape index (κ2) is 2.78. The molecule has 1 aliphatic carbocycles. The Bertz CT molecular complexity index is 299. The molecule has 12 heavy (non-hydrogen) atoms. The molecule has 0 aliphatic heterocycles. The third-order valence-electron chi connectivity index (χ3n) is 1.76. The van der Waals surface area contributed by atoms with E-state index in [-0.39, 0.29) is 0 Å². The Labute approximate surface area is 70.4 Å². The van der Waals surface area contributed by atoms with Crippen molar-refractivity contribution in [2.75, 3.05) is 0 Å². The van der Waals surface area contributed by atoms with Gasteiger partial charge in [-0.05, 0) is 13.4 Å². The summed E-state index contributed by atoms with van der Waals surface area (Å²) in [5.74, 6) is 0. The Kier molecular flexibility index (Phi) is 1.97. The highest BCUT2D eigenvalue weighted by Crippen LogP contribution is 2.26. The van der Waals surface area contributed by atoms with E-state index in [0.29, 0.717) is 22.8 Å². The Morgan fingerprint density at radius 3 is 2.00 bits per heavy atom. The molecule has 0 radical (unpaired) electrons. The summed E-state index contributed by atoms with van der Waals surface area (Å²) in [6, 6.07) is -0.497. The number of hydrogen-bond acceptors (Lipinski definition) is 5. The van der Waals surface area contributed by atoms with Gasteiger partial charge in [0.25, 0.3) is 0 Å². The Morgan fingerprint density at radius 2 is 1.75 bits per heavy atom. The summed E-state index contributed by atoms with van der Waals surface area (Å²) in [7, 11) is 0. The summed E-state index contributed by atoms with van der Waals surface area (Å²) in [4.78, 5) is 7.32. The van der Waals surface area contributed by atoms with Crippen molar-refractivity contribution in [2.24, 2.45) is 27.2 Å². The lowest BCUT2D eigenvalue weighted by Crippen LogP contribution is -2.26. The molecule has 1 atom stereocenters. The van der Waals surface area contributed by atoms with Gasteiger partial charge < -0.3 is 17.2 Å². The summed E-state index contributed by atoms with van der Waals surface area (Å²) in [5.41, 5.74) is 18.5. The van der Waals surface area contributed by atoms with E-state index < -0.39 is 6.04 Å². The molecule has 0 aromatic carbocycles. The molecule has 0 saturated heterocycles. The lowest BCUT2D eigenvalue weighted by Gasteiger charge is -2.04. The van der Waals surface area contributed by atoms with E-state index in [9.17, 15) is 0 Å². The van der Waals surface area contributed by atoms with Crippen LogP contribution in [-0.4, -0.2) is 19.5 Å². The topological polar surface area (TPSA) is 103 Å². The van der Waals surface area contributed by atoms with Crippen LogP contribution in [0.15, 0.2) is 32.8 Å². The molecule has 0 aromatic rings. The van der Waals surface area contributed by atoms with Gasteiger partial charge in [0.15, 0.2) is 0 Å². The van der Waals surface area contributed by atoms with Crippen molar-refractivity contribution in [3.8, 4) is 0 Å². The third kappa shape index (κ3) is 0.911. The van der Waals surface area contributed by atoms with E-state index in [4.69, 9.17) is 17.2 Å². The van der Waals surface area contributed by atoms with Gasteiger partial charge in [-0.15, -0.1) is 0 Å². The lowest BCUT2D eigenvalue weighted by molar-refractivity contribution is 0.875. The monoisotopic (exact) mass is 165 g/mol. The minimum atomic E-state index is -0.497. The lowest BCUT2D eigenvalue weighted by atomic mass is 10.2. The second-order valence-corrected chi connectivity index (χ2v) is 2.40. The fraction of sp³-hybridized carbons (Fsp3) is 0.143. The molecule has 0 aromatic heterocycles. The molecule has 1 rings (SSSR count). The van der Waals surface area contributed by atoms with Crippen molar-refractivity contribution < 1.29 is 0 Å². The maximum Gasteiger partial charge on any atom is 0.108 e. The van der Waals surface area contributed by atoms with E-state index in [0.717, 1.165) is 0 Å². The summed E-state index contributed by atoms with van der Waals surface area (Å²) in [6.45, 7) is 6.66. The number of hydrogen-bond donors (Lipinski definition) is 3. The van der Waals surface area contributed by atoms with Gasteiger partial charge in [0.2, 0.25) is 0 Å². The molecule has 0 heterocycles. The summed E-state index contributed by atoms with van der Waals surface area (Å²) in [5, 5.41) is 0. The van der Waals surface area contributed by atoms with Crippen molar-refractivity contribution in [2.45, 2.75) is 6.04 Å². The average Bonchev–Trinajstić information content (AvgIpc) is 2.25. The second-order valence-electron chi connectivity index (χ2n) is 2.40. The van der Waals surface area contributed by atoms with Crippen LogP contribution in [-0.2, 0) is 0 Å². The van der Waals surface area contributed by atoms with Crippen molar-refractivity contribution in [3.63, 3.8) is 0 Å². The number of aliphatic imine (C=N–C) groups is 2. The minimum Gasteiger partial charge on any atom is -0.399 e. The van der Waals surface area contributed by atoms with Crippen LogP contribution in [0.3, 0.4) is 0 Å². The molecule has 0 saturated carbocycles. The molecular formula is C7H11N5. The Morgan fingerprint density at radius 1 is 1.17 bits per heavy atom. The van der Waals surface area contributed by atoms with Crippen LogP contribution in [0.2, 0.25) is 0 Å². The molecule has 6 N–H and O–H groups in total. The highest BCUT2D eigenvalue weighted by molar-refractivity contribution is 5.53. The van der Waals surface area contributed by atoms with Crippen LogP contribution in [0, 0.1) is 0 Å². The number of nitrogens with zero attached hydrogens (tertiary/aromatic N) is 2. The van der Waals surface area contributed by atoms with Gasteiger partial charge in [-0.3, -0.25) is 9.98 Å². The van der Waals surface area contributed by atoms with Crippen LogP contribution in [0.1, 0.15) is 0 Å². The molecule has 64 valence electrons. The van der Waals surface area contributed by atoms with Crippen LogP contribution in [0.25, 0.3) is 0 Å². The Balaban J connectivity index is 3.22. The highest BCUT2D eigenvalue weighted by Gasteiger charge is 2.27. The molecule has 0 amide bonds. The van der Waals surface area contributed by atoms with Crippen molar-refractivity contribution >= 4 is 13.4 Å². The fourth-order valence-corrected chi connectivity index (χ4v) is 1.10. The van der Waals surface area contributed by atoms with E-state index in [1.807, 2.05) is 0 Å². The van der Waals surface area contributed by atoms with Gasteiger partial charge in [0, 0.05) is 0 Å². The molecule has 5 nitrogen and oxygen atoms in total. The van der Waals surface area contributed by atoms with E-state index >= 15 is 0 Å². The van der Waals surface area contributed by atoms with Gasteiger partial charge in [0.1, 0.15) is 5.70 Å². The number of nitrogens with two attached hydrogens (primary N) is 3. The smallest absolute Gasteiger partial charge is 0.108 e. The zero-order valence-electron chi connectivity index (χ0n) is 6.62. The third-order valence-corrected chi connectivity index (χ3v) is 1.76. The Hall–Kier alpha value is -1.62. The first-order valence-corrected chi connectivity index (χ1v) is 3.32. The van der Waals surface area contributed by atoms with Gasteiger partial charge in [-0.1, -0.05) is 0 Å². The van der Waals surface area contributed by atoms with E-state index in [1.165, 1.54) is 0 Å². The van der Waals surface area contributed by atoms with Crippen LogP contribution in [0.4, 0.5) is 0 Å². The van der Waals surface area contributed by atoms with E-state index in [1.54, 1.807) is 0 Å². The predicted octanol–water partition coefficient (Wildman–Crippen LogP) is -0.931. The molecule has 0 fully saturated rings. The molecule has 5 heteroatoms. The van der Waals surface area contributed by atoms with Gasteiger partial charge in [-0.2, -0.15) is 0 Å². The van der Waals surface area contributed by atoms with Crippen molar-refractivity contribution in [3.05, 3.63) is 22.8 Å². The standard InChI is InChI=1S/C7H11N5/c1-11-6-3(8)4(9)7(12-2)5(6)10/h3H,1-2,8-10H2. The first kappa shape index (κ1) is 8.48. The highest BCUT2D eigenvalue weighted by atomic mass is 15.0. The fourth-order valence-electron chi connectivity index (χ4n) is 1.10. The minimum absolute atomic E-state index is 0.366. The van der Waals surface area contributed by atoms with Gasteiger partial charge in [-0.25, -0.2) is 0 Å². The summed E-state index contributed by atoms with van der Waals surface area (Å²) in [6.07, 6.45) is 0. The van der Waals surface area contributed by atoms with Gasteiger partial charge >= 0.3 is 0 Å². The molecular weight excluding hydrogens is 154 g/mol. The van der Waals surface area contributed by atoms with Gasteiger partial charge in [0.05, 0.1) is 23.1 Å². The molecule has 0 spiro atoms. The molecule has 1 aliphatic rings. The zero-order valence-corrected chi connectivity index (χ0v) is 6.62. The first-order valence-electron chi connectivity index (χ1n) is 3.32. The first-order chi connectivity index (χ1) is 5.63. The molecule has 1 unspecified atom stereocenters. The van der Waals surface area contributed by atoms with E-state index in [2.05, 4.69) is 23.4 Å². The summed E-state index contributed by atoms with van der Waals surface area (Å²) < 4.78 is 0. The van der Waals surface area contributed by atoms with Crippen molar-refractivity contribution in [1.29, 1.82) is 0 Å². The molecule has 0 bridgehead atoms. The predicted molar refractivity (Wildman–Crippen MR) is 49.5 cm³/mol. The maximum atomic E-state index is 5.65. The summed E-state index contributed by atoms with van der Waals surface area (Å²) >= 11 is 0. The SMILES string of the molecule is C=NC1=C(N)C(N)C(N=C)=C1N. The average molecular weight is 165 g/mol. The zero-order chi connectivity index (χ0) is 9.30. The van der Waals surface area contributed by atoms with Crippen LogP contribution >= 0.6 is 0 Å². The van der Waals surface area contributed by atoms with Crippen LogP contribution < -0.4 is 17.2 Å². The van der Waals surface area contributed by atoms with Crippen molar-refractivity contribution in [1.82, 2.24) is 0 Å². The number of rotatable bonds is 2.